The van der Waals surface area contributed by atoms with Crippen LogP contribution in [0.25, 0.3) is 0 Å². The van der Waals surface area contributed by atoms with Gasteiger partial charge in [0.15, 0.2) is 0 Å². The number of hydrogen-bond acceptors (Lipinski definition) is 4. The molecule has 130 valence electrons. The number of halogens is 1. The van der Waals surface area contributed by atoms with E-state index >= 15 is 0 Å². The molecular formula is C17H22ClN3O2S. The van der Waals surface area contributed by atoms with Gasteiger partial charge in [-0.25, -0.2) is 0 Å². The number of likely N-dealkylation sites (N-methyl/N-ethyl adjacent to an activating group) is 1. The maximum absolute atomic E-state index is 12.2. The van der Waals surface area contributed by atoms with Crippen LogP contribution in [0.3, 0.4) is 0 Å². The summed E-state index contributed by atoms with van der Waals surface area (Å²) in [6.07, 6.45) is 0. The van der Waals surface area contributed by atoms with E-state index in [0.717, 1.165) is 6.54 Å². The van der Waals surface area contributed by atoms with E-state index in [-0.39, 0.29) is 30.3 Å². The third-order valence-corrected chi connectivity index (χ3v) is 4.12. The van der Waals surface area contributed by atoms with E-state index in [4.69, 9.17) is 0 Å². The van der Waals surface area contributed by atoms with Crippen LogP contribution in [-0.2, 0) is 0 Å². The van der Waals surface area contributed by atoms with E-state index in [9.17, 15) is 9.59 Å². The molecule has 0 saturated heterocycles. The number of hydrogen-bond donors (Lipinski definition) is 3. The van der Waals surface area contributed by atoms with Crippen LogP contribution in [-0.4, -0.2) is 30.9 Å². The molecule has 0 aliphatic heterocycles. The lowest BCUT2D eigenvalue weighted by atomic mass is 10.2. The fourth-order valence-corrected chi connectivity index (χ4v) is 2.73. The highest BCUT2D eigenvalue weighted by Gasteiger charge is 2.10. The van der Waals surface area contributed by atoms with Gasteiger partial charge in [0, 0.05) is 23.8 Å². The average molecular weight is 368 g/mol. The van der Waals surface area contributed by atoms with Crippen molar-refractivity contribution in [1.82, 2.24) is 10.6 Å². The summed E-state index contributed by atoms with van der Waals surface area (Å²) in [5.74, 6) is -0.319. The van der Waals surface area contributed by atoms with Gasteiger partial charge >= 0.3 is 0 Å². The molecule has 1 heterocycles. The first-order chi connectivity index (χ1) is 11.1. The lowest BCUT2D eigenvalue weighted by Crippen LogP contribution is -2.38. The number of benzene rings is 1. The molecule has 0 saturated carbocycles. The molecule has 3 N–H and O–H groups in total. The van der Waals surface area contributed by atoms with Crippen LogP contribution in [0.2, 0.25) is 0 Å². The van der Waals surface area contributed by atoms with Gasteiger partial charge in [0.2, 0.25) is 0 Å². The second kappa shape index (κ2) is 10.1. The average Bonchev–Trinajstić information content (AvgIpc) is 3.08. The molecule has 1 aromatic heterocycles. The van der Waals surface area contributed by atoms with Crippen molar-refractivity contribution in [3.63, 3.8) is 0 Å². The number of rotatable bonds is 7. The van der Waals surface area contributed by atoms with Crippen molar-refractivity contribution < 1.29 is 9.59 Å². The van der Waals surface area contributed by atoms with E-state index in [1.165, 1.54) is 11.3 Å². The van der Waals surface area contributed by atoms with Crippen molar-refractivity contribution in [3.05, 3.63) is 52.2 Å². The smallest absolute Gasteiger partial charge is 0.265 e. The van der Waals surface area contributed by atoms with Crippen LogP contribution in [0.1, 0.15) is 33.9 Å². The summed E-state index contributed by atoms with van der Waals surface area (Å²) in [5, 5.41) is 10.8. The largest absolute Gasteiger partial charge is 0.350 e. The molecule has 1 aromatic carbocycles. The molecule has 2 rings (SSSR count). The first kappa shape index (κ1) is 20.2. The van der Waals surface area contributed by atoms with E-state index in [0.29, 0.717) is 22.7 Å². The molecule has 0 aliphatic rings. The standard InChI is InChI=1S/C17H21N3O2S.ClH/c1-3-18-12(2)11-19-16(21)13-6-4-7-14(10-13)20-17(22)15-8-5-9-23-15;/h4-10,12,18H,3,11H2,1-2H3,(H,19,21)(H,20,22);1H/t12-;/m1./s1. The lowest BCUT2D eigenvalue weighted by molar-refractivity contribution is 0.0949. The van der Waals surface area contributed by atoms with Crippen molar-refractivity contribution >= 4 is 41.2 Å². The van der Waals surface area contributed by atoms with Crippen LogP contribution in [0.4, 0.5) is 5.69 Å². The Kier molecular flexibility index (Phi) is 8.46. The van der Waals surface area contributed by atoms with E-state index in [2.05, 4.69) is 16.0 Å². The topological polar surface area (TPSA) is 70.2 Å². The molecule has 1 atom stereocenters. The second-order valence-corrected chi connectivity index (χ2v) is 6.13. The molecule has 0 fully saturated rings. The molecule has 24 heavy (non-hydrogen) atoms. The van der Waals surface area contributed by atoms with Crippen LogP contribution in [0, 0.1) is 0 Å². The first-order valence-corrected chi connectivity index (χ1v) is 8.44. The fourth-order valence-electron chi connectivity index (χ4n) is 2.11. The zero-order valence-corrected chi connectivity index (χ0v) is 15.3. The minimum absolute atomic E-state index is 0. The molecule has 2 amide bonds. The van der Waals surface area contributed by atoms with Crippen molar-refractivity contribution in [2.24, 2.45) is 0 Å². The maximum Gasteiger partial charge on any atom is 0.265 e. The summed E-state index contributed by atoms with van der Waals surface area (Å²) >= 11 is 1.38. The molecule has 0 bridgehead atoms. The molecule has 2 aromatic rings. The molecule has 0 radical (unpaired) electrons. The molecule has 7 heteroatoms. The number of amides is 2. The Labute approximate surface area is 152 Å². The van der Waals surface area contributed by atoms with E-state index in [1.807, 2.05) is 25.3 Å². The number of anilines is 1. The van der Waals surface area contributed by atoms with Crippen LogP contribution < -0.4 is 16.0 Å². The Bertz CT molecular complexity index is 662. The molecular weight excluding hydrogens is 346 g/mol. The van der Waals surface area contributed by atoms with Gasteiger partial charge in [-0.2, -0.15) is 0 Å². The highest BCUT2D eigenvalue weighted by Crippen LogP contribution is 2.15. The Hall–Kier alpha value is -1.89. The highest BCUT2D eigenvalue weighted by atomic mass is 35.5. The van der Waals surface area contributed by atoms with E-state index < -0.39 is 0 Å². The Balaban J connectivity index is 0.00000288. The lowest BCUT2D eigenvalue weighted by Gasteiger charge is -2.13. The first-order valence-electron chi connectivity index (χ1n) is 7.56. The van der Waals surface area contributed by atoms with Crippen molar-refractivity contribution in [3.8, 4) is 0 Å². The summed E-state index contributed by atoms with van der Waals surface area (Å²) in [4.78, 5) is 24.8. The molecule has 0 unspecified atom stereocenters. The Morgan fingerprint density at radius 2 is 1.96 bits per heavy atom. The van der Waals surface area contributed by atoms with Gasteiger partial charge in [0.1, 0.15) is 0 Å². The highest BCUT2D eigenvalue weighted by molar-refractivity contribution is 7.12. The second-order valence-electron chi connectivity index (χ2n) is 5.18. The van der Waals surface area contributed by atoms with Gasteiger partial charge in [-0.3, -0.25) is 9.59 Å². The normalized spacial score (nSPS) is 11.2. The monoisotopic (exact) mass is 367 g/mol. The Morgan fingerprint density at radius 1 is 1.17 bits per heavy atom. The van der Waals surface area contributed by atoms with Crippen molar-refractivity contribution in [2.75, 3.05) is 18.4 Å². The zero-order valence-electron chi connectivity index (χ0n) is 13.7. The maximum atomic E-state index is 12.2. The zero-order chi connectivity index (χ0) is 16.7. The summed E-state index contributed by atoms with van der Waals surface area (Å²) in [5.41, 5.74) is 1.13. The number of nitrogens with one attached hydrogen (secondary N) is 3. The summed E-state index contributed by atoms with van der Waals surface area (Å²) in [6.45, 7) is 5.46. The predicted molar refractivity (Wildman–Crippen MR) is 101 cm³/mol. The van der Waals surface area contributed by atoms with Gasteiger partial charge in [0.05, 0.1) is 4.88 Å². The van der Waals surface area contributed by atoms with Gasteiger partial charge < -0.3 is 16.0 Å². The van der Waals surface area contributed by atoms with Gasteiger partial charge in [-0.05, 0) is 43.1 Å². The Morgan fingerprint density at radius 3 is 2.62 bits per heavy atom. The predicted octanol–water partition coefficient (Wildman–Crippen LogP) is 3.15. The quantitative estimate of drug-likeness (QED) is 0.704. The van der Waals surface area contributed by atoms with E-state index in [1.54, 1.807) is 30.3 Å². The molecule has 0 spiro atoms. The third-order valence-electron chi connectivity index (χ3n) is 3.25. The fraction of sp³-hybridized carbons (Fsp3) is 0.294. The summed E-state index contributed by atoms with van der Waals surface area (Å²) in [6, 6.07) is 10.7. The van der Waals surface area contributed by atoms with Crippen molar-refractivity contribution in [1.29, 1.82) is 0 Å². The van der Waals surface area contributed by atoms with Crippen LogP contribution in [0.15, 0.2) is 41.8 Å². The van der Waals surface area contributed by atoms with Crippen LogP contribution >= 0.6 is 23.7 Å². The minimum atomic E-state index is -0.168. The molecule has 0 aliphatic carbocycles. The number of carbonyl (C=O) groups is 2. The number of thiophene rings is 1. The third kappa shape index (κ3) is 5.96. The van der Waals surface area contributed by atoms with Gasteiger partial charge in [-0.15, -0.1) is 23.7 Å². The van der Waals surface area contributed by atoms with Gasteiger partial charge in [-0.1, -0.05) is 19.1 Å². The summed E-state index contributed by atoms with van der Waals surface area (Å²) < 4.78 is 0. The van der Waals surface area contributed by atoms with Gasteiger partial charge in [0.25, 0.3) is 11.8 Å². The SMILES string of the molecule is CCN[C@H](C)CNC(=O)c1cccc(NC(=O)c2cccs2)c1.Cl. The number of carbonyl (C=O) groups excluding carboxylic acids is 2. The van der Waals surface area contributed by atoms with Crippen molar-refractivity contribution in [2.45, 2.75) is 19.9 Å². The minimum Gasteiger partial charge on any atom is -0.350 e. The molecule has 5 nitrogen and oxygen atoms in total. The summed E-state index contributed by atoms with van der Waals surface area (Å²) in [7, 11) is 0. The van der Waals surface area contributed by atoms with Crippen LogP contribution in [0.5, 0.6) is 0 Å².